The van der Waals surface area contributed by atoms with E-state index >= 15 is 0 Å². The molecule has 0 aliphatic carbocycles. The number of esters is 1. The first-order valence-electron chi connectivity index (χ1n) is 9.99. The van der Waals surface area contributed by atoms with Crippen molar-refractivity contribution in [2.45, 2.75) is 104 Å². The molecule has 136 valence electrons. The van der Waals surface area contributed by atoms with Gasteiger partial charge in [0.05, 0.1) is 6.61 Å². The van der Waals surface area contributed by atoms with Crippen LogP contribution in [0.25, 0.3) is 0 Å². The van der Waals surface area contributed by atoms with Gasteiger partial charge in [-0.05, 0) is 12.3 Å². The van der Waals surface area contributed by atoms with E-state index in [1.54, 1.807) is 0 Å². The van der Waals surface area contributed by atoms with E-state index in [-0.39, 0.29) is 5.97 Å². The summed E-state index contributed by atoms with van der Waals surface area (Å²) in [4.78, 5) is 11.0. The summed E-state index contributed by atoms with van der Waals surface area (Å²) in [6.07, 6.45) is 20.5. The quantitative estimate of drug-likeness (QED) is 0.166. The number of carbonyl (C=O) groups is 1. The Morgan fingerprint density at radius 3 is 1.74 bits per heavy atom. The van der Waals surface area contributed by atoms with E-state index in [1.165, 1.54) is 89.5 Å². The van der Waals surface area contributed by atoms with Crippen molar-refractivity contribution in [1.29, 1.82) is 0 Å². The molecule has 0 saturated heterocycles. The highest BCUT2D eigenvalue weighted by Crippen LogP contribution is 2.14. The second kappa shape index (κ2) is 17.6. The largest absolute Gasteiger partial charge is 0.462 e. The van der Waals surface area contributed by atoms with Gasteiger partial charge in [-0.25, -0.2) is 4.79 Å². The van der Waals surface area contributed by atoms with E-state index in [9.17, 15) is 4.79 Å². The number of carbonyl (C=O) groups excluding carboxylic acids is 1. The Kier molecular flexibility index (Phi) is 17.0. The standard InChI is InChI=1S/C21H40O2/c1-4-6-7-8-9-10-11-12-13-14-15-16-17-18-20(3)19-23-21(22)5-2/h5,20H,2,4,6-19H2,1,3H3. The predicted octanol–water partition coefficient (Wildman–Crippen LogP) is 6.83. The van der Waals surface area contributed by atoms with Gasteiger partial charge in [0.25, 0.3) is 0 Å². The maximum Gasteiger partial charge on any atom is 0.330 e. The minimum Gasteiger partial charge on any atom is -0.462 e. The molecular formula is C21H40O2. The molecule has 2 nitrogen and oxygen atoms in total. The lowest BCUT2D eigenvalue weighted by atomic mass is 10.0. The van der Waals surface area contributed by atoms with Crippen molar-refractivity contribution in [1.82, 2.24) is 0 Å². The Labute approximate surface area is 145 Å². The van der Waals surface area contributed by atoms with Crippen LogP contribution < -0.4 is 0 Å². The molecule has 1 atom stereocenters. The Balaban J connectivity index is 3.15. The number of unbranched alkanes of at least 4 members (excludes halogenated alkanes) is 12. The highest BCUT2D eigenvalue weighted by molar-refractivity contribution is 5.81. The van der Waals surface area contributed by atoms with Crippen LogP contribution in [0, 0.1) is 5.92 Å². The first-order chi connectivity index (χ1) is 11.2. The van der Waals surface area contributed by atoms with Crippen molar-refractivity contribution in [2.24, 2.45) is 5.92 Å². The SMILES string of the molecule is C=CC(=O)OCC(C)CCCCCCCCCCCCCCC. The van der Waals surface area contributed by atoms with E-state index in [0.717, 1.165) is 6.42 Å². The van der Waals surface area contributed by atoms with Crippen molar-refractivity contribution in [3.05, 3.63) is 12.7 Å². The van der Waals surface area contributed by atoms with Crippen LogP contribution in [0.3, 0.4) is 0 Å². The summed E-state index contributed by atoms with van der Waals surface area (Å²) in [6.45, 7) is 8.36. The van der Waals surface area contributed by atoms with Crippen LogP contribution >= 0.6 is 0 Å². The summed E-state index contributed by atoms with van der Waals surface area (Å²) in [5, 5.41) is 0. The van der Waals surface area contributed by atoms with Crippen molar-refractivity contribution < 1.29 is 9.53 Å². The zero-order chi connectivity index (χ0) is 17.2. The van der Waals surface area contributed by atoms with E-state index < -0.39 is 0 Å². The van der Waals surface area contributed by atoms with E-state index in [4.69, 9.17) is 4.74 Å². The highest BCUT2D eigenvalue weighted by Gasteiger charge is 2.04. The fourth-order valence-electron chi connectivity index (χ4n) is 2.88. The molecule has 0 rings (SSSR count). The maximum absolute atomic E-state index is 11.0. The molecule has 0 bridgehead atoms. The maximum atomic E-state index is 11.0. The molecule has 0 aliphatic rings. The van der Waals surface area contributed by atoms with Crippen molar-refractivity contribution >= 4 is 5.97 Å². The van der Waals surface area contributed by atoms with Crippen molar-refractivity contribution in [3.63, 3.8) is 0 Å². The molecule has 23 heavy (non-hydrogen) atoms. The number of hydrogen-bond donors (Lipinski definition) is 0. The van der Waals surface area contributed by atoms with Crippen LogP contribution in [0.5, 0.6) is 0 Å². The molecule has 0 fully saturated rings. The number of ether oxygens (including phenoxy) is 1. The lowest BCUT2D eigenvalue weighted by molar-refractivity contribution is -0.139. The molecular weight excluding hydrogens is 284 g/mol. The normalized spacial score (nSPS) is 12.1. The molecule has 0 aliphatic heterocycles. The Hall–Kier alpha value is -0.790. The summed E-state index contributed by atoms with van der Waals surface area (Å²) in [6, 6.07) is 0. The van der Waals surface area contributed by atoms with Crippen LogP contribution in [-0.2, 0) is 9.53 Å². The monoisotopic (exact) mass is 324 g/mol. The van der Waals surface area contributed by atoms with E-state index in [1.807, 2.05) is 0 Å². The predicted molar refractivity (Wildman–Crippen MR) is 101 cm³/mol. The zero-order valence-electron chi connectivity index (χ0n) is 15.8. The molecule has 0 aromatic heterocycles. The molecule has 0 aromatic carbocycles. The third-order valence-electron chi connectivity index (χ3n) is 4.48. The van der Waals surface area contributed by atoms with Gasteiger partial charge in [0.15, 0.2) is 0 Å². The summed E-state index contributed by atoms with van der Waals surface area (Å²) >= 11 is 0. The molecule has 2 heteroatoms. The van der Waals surface area contributed by atoms with Crippen LogP contribution in [0.4, 0.5) is 0 Å². The zero-order valence-corrected chi connectivity index (χ0v) is 15.8. The van der Waals surface area contributed by atoms with Crippen LogP contribution in [-0.4, -0.2) is 12.6 Å². The summed E-state index contributed by atoms with van der Waals surface area (Å²) in [5.41, 5.74) is 0. The summed E-state index contributed by atoms with van der Waals surface area (Å²) < 4.78 is 5.06. The second-order valence-corrected chi connectivity index (χ2v) is 6.97. The third kappa shape index (κ3) is 17.4. The topological polar surface area (TPSA) is 26.3 Å². The summed E-state index contributed by atoms with van der Waals surface area (Å²) in [5.74, 6) is 0.161. The van der Waals surface area contributed by atoms with Gasteiger partial charge >= 0.3 is 5.97 Å². The molecule has 0 saturated carbocycles. The van der Waals surface area contributed by atoms with Crippen molar-refractivity contribution in [3.8, 4) is 0 Å². The van der Waals surface area contributed by atoms with Gasteiger partial charge in [0.1, 0.15) is 0 Å². The Morgan fingerprint density at radius 2 is 1.30 bits per heavy atom. The average molecular weight is 325 g/mol. The van der Waals surface area contributed by atoms with Crippen molar-refractivity contribution in [2.75, 3.05) is 6.61 Å². The number of rotatable bonds is 17. The smallest absolute Gasteiger partial charge is 0.330 e. The molecule has 0 spiro atoms. The molecule has 1 unspecified atom stereocenters. The van der Waals surface area contributed by atoms with Crippen LogP contribution in [0.15, 0.2) is 12.7 Å². The van der Waals surface area contributed by atoms with Gasteiger partial charge in [-0.2, -0.15) is 0 Å². The molecule has 0 aromatic rings. The highest BCUT2D eigenvalue weighted by atomic mass is 16.5. The fraction of sp³-hybridized carbons (Fsp3) is 0.857. The average Bonchev–Trinajstić information content (AvgIpc) is 2.56. The second-order valence-electron chi connectivity index (χ2n) is 6.97. The van der Waals surface area contributed by atoms with Crippen LogP contribution in [0.1, 0.15) is 104 Å². The van der Waals surface area contributed by atoms with Crippen LogP contribution in [0.2, 0.25) is 0 Å². The van der Waals surface area contributed by atoms with E-state index in [0.29, 0.717) is 12.5 Å². The number of hydrogen-bond acceptors (Lipinski definition) is 2. The molecule has 0 N–H and O–H groups in total. The fourth-order valence-corrected chi connectivity index (χ4v) is 2.88. The van der Waals surface area contributed by atoms with Gasteiger partial charge in [0, 0.05) is 6.08 Å². The van der Waals surface area contributed by atoms with Gasteiger partial charge in [-0.1, -0.05) is 104 Å². The molecule has 0 heterocycles. The minimum atomic E-state index is -0.304. The van der Waals surface area contributed by atoms with Gasteiger partial charge in [0.2, 0.25) is 0 Å². The lowest BCUT2D eigenvalue weighted by Crippen LogP contribution is -2.09. The Bertz CT molecular complexity index is 273. The van der Waals surface area contributed by atoms with Gasteiger partial charge in [-0.3, -0.25) is 0 Å². The third-order valence-corrected chi connectivity index (χ3v) is 4.48. The Morgan fingerprint density at radius 1 is 0.870 bits per heavy atom. The van der Waals surface area contributed by atoms with E-state index in [2.05, 4.69) is 20.4 Å². The van der Waals surface area contributed by atoms with Gasteiger partial charge in [-0.15, -0.1) is 0 Å². The van der Waals surface area contributed by atoms with Gasteiger partial charge < -0.3 is 4.74 Å². The molecule has 0 amide bonds. The summed E-state index contributed by atoms with van der Waals surface area (Å²) in [7, 11) is 0. The first-order valence-corrected chi connectivity index (χ1v) is 9.99. The lowest BCUT2D eigenvalue weighted by Gasteiger charge is -2.10. The first kappa shape index (κ1) is 22.2. The molecule has 0 radical (unpaired) electrons. The minimum absolute atomic E-state index is 0.304.